The van der Waals surface area contributed by atoms with Gasteiger partial charge in [0.1, 0.15) is 11.7 Å². The quantitative estimate of drug-likeness (QED) is 0.448. The van der Waals surface area contributed by atoms with E-state index in [-0.39, 0.29) is 17.8 Å². The maximum absolute atomic E-state index is 10.9. The zero-order valence-electron chi connectivity index (χ0n) is 9.00. The second kappa shape index (κ2) is 5.64. The summed E-state index contributed by atoms with van der Waals surface area (Å²) in [5.74, 6) is -1.08. The van der Waals surface area contributed by atoms with Crippen LogP contribution in [0.2, 0.25) is 0 Å². The summed E-state index contributed by atoms with van der Waals surface area (Å²) in [4.78, 5) is 21.1. The summed E-state index contributed by atoms with van der Waals surface area (Å²) in [6.45, 7) is 3.44. The molecule has 0 aliphatic carbocycles. The van der Waals surface area contributed by atoms with Crippen molar-refractivity contribution >= 4 is 17.3 Å². The highest BCUT2D eigenvalue weighted by molar-refractivity contribution is 5.79. The molecule has 2 N–H and O–H groups in total. The minimum absolute atomic E-state index is 0.150. The van der Waals surface area contributed by atoms with Crippen molar-refractivity contribution in [2.24, 2.45) is 0 Å². The Hall–Kier alpha value is -2.37. The molecule has 90 valence electrons. The van der Waals surface area contributed by atoms with Gasteiger partial charge in [-0.05, 0) is 12.5 Å². The predicted molar refractivity (Wildman–Crippen MR) is 63.0 cm³/mol. The highest BCUT2D eigenvalue weighted by Crippen LogP contribution is 2.24. The number of carboxylic acids is 1. The van der Waals surface area contributed by atoms with Gasteiger partial charge in [-0.3, -0.25) is 10.1 Å². The van der Waals surface area contributed by atoms with E-state index in [0.29, 0.717) is 0 Å². The van der Waals surface area contributed by atoms with Gasteiger partial charge in [-0.2, -0.15) is 0 Å². The van der Waals surface area contributed by atoms with Gasteiger partial charge in [0.2, 0.25) is 0 Å². The average molecular weight is 236 g/mol. The molecule has 0 amide bonds. The van der Waals surface area contributed by atoms with Crippen LogP contribution in [0.25, 0.3) is 0 Å². The lowest BCUT2D eigenvalue weighted by molar-refractivity contribution is -0.384. The van der Waals surface area contributed by atoms with E-state index in [2.05, 4.69) is 11.9 Å². The SMILES string of the molecule is C=CC[C@@H](Nc1ccccc1[N+](=O)[O-])C(=O)O. The molecule has 6 heteroatoms. The number of rotatable bonds is 6. The first-order valence-corrected chi connectivity index (χ1v) is 4.90. The summed E-state index contributed by atoms with van der Waals surface area (Å²) in [5, 5.41) is 22.3. The van der Waals surface area contributed by atoms with Crippen molar-refractivity contribution < 1.29 is 14.8 Å². The molecule has 0 saturated heterocycles. The van der Waals surface area contributed by atoms with Crippen LogP contribution < -0.4 is 5.32 Å². The number of nitrogens with zero attached hydrogens (tertiary/aromatic N) is 1. The second-order valence-electron chi connectivity index (χ2n) is 3.33. The van der Waals surface area contributed by atoms with E-state index in [1.54, 1.807) is 6.07 Å². The molecule has 1 atom stereocenters. The fourth-order valence-electron chi connectivity index (χ4n) is 1.33. The Morgan fingerprint density at radius 2 is 2.24 bits per heavy atom. The van der Waals surface area contributed by atoms with Gasteiger partial charge in [-0.15, -0.1) is 6.58 Å². The van der Waals surface area contributed by atoms with Crippen LogP contribution in [0.3, 0.4) is 0 Å². The van der Waals surface area contributed by atoms with E-state index in [1.807, 2.05) is 0 Å². The van der Waals surface area contributed by atoms with Gasteiger partial charge in [0.25, 0.3) is 5.69 Å². The number of nitrogens with one attached hydrogen (secondary N) is 1. The lowest BCUT2D eigenvalue weighted by atomic mass is 10.2. The number of para-hydroxylation sites is 2. The van der Waals surface area contributed by atoms with Crippen molar-refractivity contribution in [1.82, 2.24) is 0 Å². The average Bonchev–Trinajstić information content (AvgIpc) is 2.28. The molecular formula is C11H12N2O4. The van der Waals surface area contributed by atoms with Crippen molar-refractivity contribution in [2.45, 2.75) is 12.5 Å². The molecule has 1 aromatic carbocycles. The minimum Gasteiger partial charge on any atom is -0.480 e. The molecule has 0 aliphatic rings. The molecule has 0 spiro atoms. The lowest BCUT2D eigenvalue weighted by Crippen LogP contribution is -2.28. The summed E-state index contributed by atoms with van der Waals surface area (Å²) in [6.07, 6.45) is 1.63. The van der Waals surface area contributed by atoms with Crippen LogP contribution in [0, 0.1) is 10.1 Å². The molecule has 1 rings (SSSR count). The number of hydrogen-bond donors (Lipinski definition) is 2. The zero-order valence-corrected chi connectivity index (χ0v) is 9.00. The van der Waals surface area contributed by atoms with E-state index in [1.165, 1.54) is 24.3 Å². The van der Waals surface area contributed by atoms with Crippen LogP contribution in [-0.2, 0) is 4.79 Å². The molecule has 0 bridgehead atoms. The topological polar surface area (TPSA) is 92.5 Å². The molecule has 0 heterocycles. The molecule has 0 fully saturated rings. The predicted octanol–water partition coefficient (Wildman–Crippen LogP) is 2.04. The number of carboxylic acid groups (broad SMARTS) is 1. The molecular weight excluding hydrogens is 224 g/mol. The summed E-state index contributed by atoms with van der Waals surface area (Å²) in [6, 6.07) is 4.98. The van der Waals surface area contributed by atoms with Crippen LogP contribution in [0.4, 0.5) is 11.4 Å². The van der Waals surface area contributed by atoms with Crippen molar-refractivity contribution in [3.63, 3.8) is 0 Å². The van der Waals surface area contributed by atoms with Crippen molar-refractivity contribution in [2.75, 3.05) is 5.32 Å². The molecule has 6 nitrogen and oxygen atoms in total. The maximum Gasteiger partial charge on any atom is 0.326 e. The summed E-state index contributed by atoms with van der Waals surface area (Å²) in [5.41, 5.74) is 0.0366. The number of benzene rings is 1. The molecule has 17 heavy (non-hydrogen) atoms. The Labute approximate surface area is 97.7 Å². The van der Waals surface area contributed by atoms with E-state index in [4.69, 9.17) is 5.11 Å². The smallest absolute Gasteiger partial charge is 0.326 e. The maximum atomic E-state index is 10.9. The number of nitro benzene ring substituents is 1. The van der Waals surface area contributed by atoms with Gasteiger partial charge >= 0.3 is 5.97 Å². The van der Waals surface area contributed by atoms with Crippen LogP contribution in [0.1, 0.15) is 6.42 Å². The van der Waals surface area contributed by atoms with Crippen LogP contribution in [0.15, 0.2) is 36.9 Å². The van der Waals surface area contributed by atoms with E-state index >= 15 is 0 Å². The number of nitro groups is 1. The Morgan fingerprint density at radius 3 is 2.76 bits per heavy atom. The first-order valence-electron chi connectivity index (χ1n) is 4.90. The van der Waals surface area contributed by atoms with Crippen molar-refractivity contribution in [3.8, 4) is 0 Å². The Bertz CT molecular complexity index is 445. The van der Waals surface area contributed by atoms with Gasteiger partial charge in [-0.1, -0.05) is 18.2 Å². The fourth-order valence-corrected chi connectivity index (χ4v) is 1.33. The molecule has 0 aromatic heterocycles. The van der Waals surface area contributed by atoms with Crippen molar-refractivity contribution in [1.29, 1.82) is 0 Å². The van der Waals surface area contributed by atoms with Gasteiger partial charge in [0, 0.05) is 6.07 Å². The van der Waals surface area contributed by atoms with Gasteiger partial charge in [0.15, 0.2) is 0 Å². The normalized spacial score (nSPS) is 11.5. The van der Waals surface area contributed by atoms with Gasteiger partial charge in [0.05, 0.1) is 4.92 Å². The van der Waals surface area contributed by atoms with Gasteiger partial charge < -0.3 is 10.4 Å². The van der Waals surface area contributed by atoms with Crippen LogP contribution in [0.5, 0.6) is 0 Å². The highest BCUT2D eigenvalue weighted by atomic mass is 16.6. The second-order valence-corrected chi connectivity index (χ2v) is 3.33. The van der Waals surface area contributed by atoms with E-state index < -0.39 is 16.9 Å². The summed E-state index contributed by atoms with van der Waals surface area (Å²) in [7, 11) is 0. The van der Waals surface area contributed by atoms with Crippen LogP contribution in [-0.4, -0.2) is 22.0 Å². The van der Waals surface area contributed by atoms with Crippen LogP contribution >= 0.6 is 0 Å². The number of carbonyl (C=O) groups is 1. The monoisotopic (exact) mass is 236 g/mol. The first-order chi connectivity index (χ1) is 8.06. The Balaban J connectivity index is 2.96. The molecule has 1 aromatic rings. The standard InChI is InChI=1S/C11H12N2O4/c1-2-5-9(11(14)15)12-8-6-3-4-7-10(8)13(16)17/h2-4,6-7,9,12H,1,5H2,(H,14,15)/t9-/m1/s1. The highest BCUT2D eigenvalue weighted by Gasteiger charge is 2.20. The molecule has 0 unspecified atom stereocenters. The summed E-state index contributed by atoms with van der Waals surface area (Å²) < 4.78 is 0. The summed E-state index contributed by atoms with van der Waals surface area (Å²) >= 11 is 0. The fraction of sp³-hybridized carbons (Fsp3) is 0.182. The Morgan fingerprint density at radius 1 is 1.59 bits per heavy atom. The van der Waals surface area contributed by atoms with Crippen molar-refractivity contribution in [3.05, 3.63) is 47.0 Å². The molecule has 0 aliphatic heterocycles. The van der Waals surface area contributed by atoms with Gasteiger partial charge in [-0.25, -0.2) is 4.79 Å². The third-order valence-electron chi connectivity index (χ3n) is 2.13. The minimum atomic E-state index is -1.08. The zero-order chi connectivity index (χ0) is 12.8. The van der Waals surface area contributed by atoms with E-state index in [0.717, 1.165) is 0 Å². The third-order valence-corrected chi connectivity index (χ3v) is 2.13. The number of hydrogen-bond acceptors (Lipinski definition) is 4. The molecule has 0 saturated carbocycles. The lowest BCUT2D eigenvalue weighted by Gasteiger charge is -2.13. The number of aliphatic carboxylic acids is 1. The first kappa shape index (κ1) is 12.7. The number of anilines is 1. The largest absolute Gasteiger partial charge is 0.480 e. The third kappa shape index (κ3) is 3.30. The van der Waals surface area contributed by atoms with E-state index in [9.17, 15) is 14.9 Å². The Kier molecular flexibility index (Phi) is 4.21. The molecule has 0 radical (unpaired) electrons.